The summed E-state index contributed by atoms with van der Waals surface area (Å²) in [5.41, 5.74) is -4.55. The average molecular weight is 282 g/mol. The van der Waals surface area contributed by atoms with Crippen LogP contribution in [0, 0.1) is 26.0 Å². The second kappa shape index (κ2) is 4.59. The molecule has 0 atom stereocenters. The van der Waals surface area contributed by atoms with Crippen molar-refractivity contribution in [3.8, 4) is 0 Å². The number of hydrogen-bond acceptors (Lipinski definition) is 5. The number of alkyl halides is 3. The zero-order valence-electron chi connectivity index (χ0n) is 8.60. The summed E-state index contributed by atoms with van der Waals surface area (Å²) >= 11 is 0. The van der Waals surface area contributed by atoms with Crippen molar-refractivity contribution in [1.29, 1.82) is 0 Å². The van der Waals surface area contributed by atoms with Crippen LogP contribution in [-0.4, -0.2) is 21.8 Å². The maximum atomic E-state index is 13.2. The third-order valence-electron chi connectivity index (χ3n) is 1.95. The number of nitro benzene ring substituents is 2. The van der Waals surface area contributed by atoms with Crippen LogP contribution in [0.15, 0.2) is 12.1 Å². The van der Waals surface area contributed by atoms with Crippen molar-refractivity contribution in [3.63, 3.8) is 0 Å². The summed E-state index contributed by atoms with van der Waals surface area (Å²) in [6, 6.07) is -0.00366. The normalized spacial score (nSPS) is 11.2. The lowest BCUT2D eigenvalue weighted by molar-refractivity contribution is -0.399. The molecule has 0 amide bonds. The van der Waals surface area contributed by atoms with Gasteiger partial charge >= 0.3 is 17.6 Å². The highest BCUT2D eigenvalue weighted by atomic mass is 19.4. The number of benzene rings is 1. The van der Waals surface area contributed by atoms with Gasteiger partial charge in [-0.1, -0.05) is 0 Å². The number of nitrogens with zero attached hydrogens (tertiary/aromatic N) is 2. The highest BCUT2D eigenvalue weighted by Gasteiger charge is 2.41. The minimum Gasteiger partial charge on any atom is -0.284 e. The Labute approximate surface area is 100 Å². The highest BCUT2D eigenvalue weighted by Crippen LogP contribution is 2.31. The Morgan fingerprint density at radius 2 is 1.42 bits per heavy atom. The topological polar surface area (TPSA) is 103 Å². The summed E-state index contributed by atoms with van der Waals surface area (Å²) in [6.45, 7) is 0. The van der Waals surface area contributed by atoms with E-state index in [1.807, 2.05) is 0 Å². The van der Waals surface area contributed by atoms with Crippen LogP contribution < -0.4 is 0 Å². The van der Waals surface area contributed by atoms with Gasteiger partial charge in [0.15, 0.2) is 0 Å². The maximum Gasteiger partial charge on any atom is 0.454 e. The largest absolute Gasteiger partial charge is 0.454 e. The third kappa shape index (κ3) is 2.81. The Hall–Kier alpha value is -2.59. The lowest BCUT2D eigenvalue weighted by Gasteiger charge is -2.05. The van der Waals surface area contributed by atoms with E-state index in [0.717, 1.165) is 0 Å². The molecule has 19 heavy (non-hydrogen) atoms. The van der Waals surface area contributed by atoms with Crippen molar-refractivity contribution in [2.24, 2.45) is 0 Å². The molecule has 0 saturated heterocycles. The molecule has 0 bridgehead atoms. The van der Waals surface area contributed by atoms with Crippen LogP contribution in [-0.2, 0) is 0 Å². The number of halogens is 4. The lowest BCUT2D eigenvalue weighted by Crippen LogP contribution is -2.23. The lowest BCUT2D eigenvalue weighted by atomic mass is 10.1. The fourth-order valence-electron chi connectivity index (χ4n) is 1.15. The number of rotatable bonds is 3. The standard InChI is InChI=1S/C8H2F4N2O5/c9-6-4(13(16)17)1-3(2-5(6)14(18)19)7(15)8(10,11)12/h1-2H. The fraction of sp³-hybridized carbons (Fsp3) is 0.125. The van der Waals surface area contributed by atoms with Crippen molar-refractivity contribution in [1.82, 2.24) is 0 Å². The van der Waals surface area contributed by atoms with Gasteiger partial charge in [0.25, 0.3) is 11.6 Å². The van der Waals surface area contributed by atoms with Crippen LogP contribution >= 0.6 is 0 Å². The van der Waals surface area contributed by atoms with Crippen LogP contribution in [0.3, 0.4) is 0 Å². The minimum absolute atomic E-state index is 0.00183. The molecule has 7 nitrogen and oxygen atoms in total. The van der Waals surface area contributed by atoms with Crippen LogP contribution in [0.25, 0.3) is 0 Å². The molecule has 102 valence electrons. The molecule has 11 heteroatoms. The fourth-order valence-corrected chi connectivity index (χ4v) is 1.15. The van der Waals surface area contributed by atoms with E-state index in [1.165, 1.54) is 0 Å². The smallest absolute Gasteiger partial charge is 0.284 e. The van der Waals surface area contributed by atoms with E-state index in [-0.39, 0.29) is 12.1 Å². The first kappa shape index (κ1) is 14.5. The molecule has 0 aromatic heterocycles. The Balaban J connectivity index is 3.57. The predicted molar refractivity (Wildman–Crippen MR) is 50.1 cm³/mol. The number of nitro groups is 2. The summed E-state index contributed by atoms with van der Waals surface area (Å²) in [4.78, 5) is 28.7. The second-order valence-electron chi connectivity index (χ2n) is 3.17. The first-order chi connectivity index (χ1) is 8.55. The van der Waals surface area contributed by atoms with Crippen molar-refractivity contribution < 1.29 is 32.2 Å². The van der Waals surface area contributed by atoms with Gasteiger partial charge in [0, 0.05) is 17.7 Å². The number of carbonyl (C=O) groups excluding carboxylic acids is 1. The number of Topliss-reactive ketones (excluding diaryl/α,β-unsaturated/α-hetero) is 1. The van der Waals surface area contributed by atoms with Gasteiger partial charge in [-0.25, -0.2) is 0 Å². The molecule has 0 aliphatic heterocycles. The monoisotopic (exact) mass is 282 g/mol. The first-order valence-corrected chi connectivity index (χ1v) is 4.29. The third-order valence-corrected chi connectivity index (χ3v) is 1.95. The molecule has 0 aliphatic rings. The Morgan fingerprint density at radius 3 is 1.68 bits per heavy atom. The van der Waals surface area contributed by atoms with Gasteiger partial charge in [-0.15, -0.1) is 0 Å². The molecule has 1 aromatic carbocycles. The van der Waals surface area contributed by atoms with Crippen LogP contribution in [0.2, 0.25) is 0 Å². The van der Waals surface area contributed by atoms with E-state index >= 15 is 0 Å². The van der Waals surface area contributed by atoms with E-state index in [9.17, 15) is 42.6 Å². The Kier molecular flexibility index (Phi) is 3.49. The van der Waals surface area contributed by atoms with Gasteiger partial charge in [-0.2, -0.15) is 17.6 Å². The van der Waals surface area contributed by atoms with Crippen molar-refractivity contribution in [3.05, 3.63) is 43.7 Å². The summed E-state index contributed by atoms with van der Waals surface area (Å²) in [5.74, 6) is -4.47. The van der Waals surface area contributed by atoms with Gasteiger partial charge in [-0.05, 0) is 0 Å². The summed E-state index contributed by atoms with van der Waals surface area (Å²) in [6.07, 6.45) is -5.39. The molecule has 0 unspecified atom stereocenters. The Bertz CT molecular complexity index is 548. The van der Waals surface area contributed by atoms with Crippen molar-refractivity contribution >= 4 is 17.2 Å². The molecule has 0 aliphatic carbocycles. The van der Waals surface area contributed by atoms with E-state index in [2.05, 4.69) is 0 Å². The van der Waals surface area contributed by atoms with Crippen LogP contribution in [0.4, 0.5) is 28.9 Å². The van der Waals surface area contributed by atoms with E-state index in [0.29, 0.717) is 0 Å². The van der Waals surface area contributed by atoms with Gasteiger partial charge in [0.05, 0.1) is 9.85 Å². The van der Waals surface area contributed by atoms with Gasteiger partial charge in [0.2, 0.25) is 0 Å². The van der Waals surface area contributed by atoms with Crippen molar-refractivity contribution in [2.75, 3.05) is 0 Å². The minimum atomic E-state index is -5.39. The van der Waals surface area contributed by atoms with E-state index in [4.69, 9.17) is 0 Å². The predicted octanol–water partition coefficient (Wildman–Crippen LogP) is 2.39. The van der Waals surface area contributed by atoms with E-state index in [1.54, 1.807) is 0 Å². The van der Waals surface area contributed by atoms with Crippen LogP contribution in [0.5, 0.6) is 0 Å². The number of carbonyl (C=O) groups is 1. The first-order valence-electron chi connectivity index (χ1n) is 4.29. The highest BCUT2D eigenvalue weighted by molar-refractivity contribution is 6.01. The van der Waals surface area contributed by atoms with Gasteiger partial charge in [0.1, 0.15) is 0 Å². The molecule has 1 aromatic rings. The SMILES string of the molecule is O=C(c1cc([N+](=O)[O-])c(F)c([N+](=O)[O-])c1)C(F)(F)F. The quantitative estimate of drug-likeness (QED) is 0.366. The molecular weight excluding hydrogens is 280 g/mol. The second-order valence-corrected chi connectivity index (χ2v) is 3.17. The average Bonchev–Trinajstić information content (AvgIpc) is 2.26. The van der Waals surface area contributed by atoms with E-state index < -0.39 is 44.6 Å². The number of hydrogen-bond donors (Lipinski definition) is 0. The Morgan fingerprint density at radius 1 is 1.05 bits per heavy atom. The molecule has 0 radical (unpaired) electrons. The molecule has 0 spiro atoms. The van der Waals surface area contributed by atoms with Gasteiger partial charge < -0.3 is 0 Å². The zero-order valence-corrected chi connectivity index (χ0v) is 8.60. The molecule has 0 heterocycles. The summed E-state index contributed by atoms with van der Waals surface area (Å²) in [7, 11) is 0. The zero-order chi connectivity index (χ0) is 15.0. The van der Waals surface area contributed by atoms with Crippen molar-refractivity contribution in [2.45, 2.75) is 6.18 Å². The molecule has 0 N–H and O–H groups in total. The molecule has 1 rings (SSSR count). The number of ketones is 1. The summed E-state index contributed by atoms with van der Waals surface area (Å²) < 4.78 is 49.6. The molecule has 0 saturated carbocycles. The van der Waals surface area contributed by atoms with Crippen LogP contribution in [0.1, 0.15) is 10.4 Å². The summed E-state index contributed by atoms with van der Waals surface area (Å²) in [5, 5.41) is 20.7. The molecule has 0 fully saturated rings. The maximum absolute atomic E-state index is 13.2. The molecular formula is C8H2F4N2O5. The van der Waals surface area contributed by atoms with Gasteiger partial charge in [-0.3, -0.25) is 25.0 Å².